The summed E-state index contributed by atoms with van der Waals surface area (Å²) in [7, 11) is 0. The molecule has 0 atom stereocenters. The van der Waals surface area contributed by atoms with Crippen molar-refractivity contribution in [2.75, 3.05) is 24.5 Å². The summed E-state index contributed by atoms with van der Waals surface area (Å²) in [5, 5.41) is 0. The highest BCUT2D eigenvalue weighted by Crippen LogP contribution is 2.19. The zero-order valence-corrected chi connectivity index (χ0v) is 10.7. The second kappa shape index (κ2) is 7.65. The molecule has 92 valence electrons. The molecule has 1 aliphatic rings. The summed E-state index contributed by atoms with van der Waals surface area (Å²) >= 11 is 0. The van der Waals surface area contributed by atoms with Gasteiger partial charge in [-0.2, -0.15) is 0 Å². The first-order chi connectivity index (χ1) is 6.90. The minimum atomic E-state index is 0. The Morgan fingerprint density at radius 3 is 2.44 bits per heavy atom. The third-order valence-electron chi connectivity index (χ3n) is 2.82. The van der Waals surface area contributed by atoms with E-state index in [0.29, 0.717) is 5.92 Å². The van der Waals surface area contributed by atoms with Crippen molar-refractivity contribution in [2.45, 2.75) is 12.8 Å². The molecule has 2 heterocycles. The van der Waals surface area contributed by atoms with E-state index in [1.54, 1.807) is 12.4 Å². The number of aromatic nitrogens is 2. The van der Waals surface area contributed by atoms with Gasteiger partial charge < -0.3 is 10.6 Å². The lowest BCUT2D eigenvalue weighted by atomic mass is 9.97. The molecule has 0 radical (unpaired) electrons. The molecule has 1 aromatic rings. The molecule has 1 fully saturated rings. The average Bonchev–Trinajstić information content (AvgIpc) is 2.30. The highest BCUT2D eigenvalue weighted by molar-refractivity contribution is 5.85. The zero-order valence-electron chi connectivity index (χ0n) is 9.08. The summed E-state index contributed by atoms with van der Waals surface area (Å²) in [4.78, 5) is 10.6. The Morgan fingerprint density at radius 1 is 1.25 bits per heavy atom. The van der Waals surface area contributed by atoms with Gasteiger partial charge in [-0.25, -0.2) is 4.98 Å². The van der Waals surface area contributed by atoms with Crippen LogP contribution in [0.25, 0.3) is 0 Å². The van der Waals surface area contributed by atoms with Gasteiger partial charge in [-0.3, -0.25) is 4.98 Å². The van der Waals surface area contributed by atoms with E-state index in [1.165, 1.54) is 12.8 Å². The van der Waals surface area contributed by atoms with E-state index in [4.69, 9.17) is 5.73 Å². The van der Waals surface area contributed by atoms with Crippen LogP contribution in [0.3, 0.4) is 0 Å². The second-order valence-electron chi connectivity index (χ2n) is 3.73. The maximum Gasteiger partial charge on any atom is 0.147 e. The van der Waals surface area contributed by atoms with Crippen LogP contribution < -0.4 is 10.6 Å². The van der Waals surface area contributed by atoms with Gasteiger partial charge >= 0.3 is 0 Å². The molecule has 4 nitrogen and oxygen atoms in total. The minimum absolute atomic E-state index is 0. The van der Waals surface area contributed by atoms with Crippen LogP contribution in [0, 0.1) is 5.92 Å². The van der Waals surface area contributed by atoms with E-state index in [2.05, 4.69) is 14.9 Å². The molecular formula is C10H18Cl2N4. The zero-order chi connectivity index (χ0) is 9.80. The first kappa shape index (κ1) is 15.4. The number of hydrogen-bond donors (Lipinski definition) is 1. The fourth-order valence-electron chi connectivity index (χ4n) is 1.85. The Balaban J connectivity index is 0.00000112. The van der Waals surface area contributed by atoms with Crippen molar-refractivity contribution in [1.82, 2.24) is 9.97 Å². The van der Waals surface area contributed by atoms with Gasteiger partial charge in [0.15, 0.2) is 0 Å². The predicted molar refractivity (Wildman–Crippen MR) is 70.5 cm³/mol. The van der Waals surface area contributed by atoms with Crippen LogP contribution in [-0.2, 0) is 0 Å². The molecule has 0 bridgehead atoms. The van der Waals surface area contributed by atoms with E-state index < -0.39 is 0 Å². The lowest BCUT2D eigenvalue weighted by molar-refractivity contribution is 0.413. The van der Waals surface area contributed by atoms with Gasteiger partial charge in [0.25, 0.3) is 0 Å². The third-order valence-corrected chi connectivity index (χ3v) is 2.82. The summed E-state index contributed by atoms with van der Waals surface area (Å²) < 4.78 is 0. The Morgan fingerprint density at radius 2 is 1.94 bits per heavy atom. The van der Waals surface area contributed by atoms with Crippen LogP contribution >= 0.6 is 24.8 Å². The van der Waals surface area contributed by atoms with Crippen molar-refractivity contribution in [2.24, 2.45) is 11.7 Å². The van der Waals surface area contributed by atoms with Crippen LogP contribution in [-0.4, -0.2) is 29.6 Å². The quantitative estimate of drug-likeness (QED) is 0.880. The lowest BCUT2D eigenvalue weighted by Gasteiger charge is -2.31. The standard InChI is InChI=1S/C10H16N4.2ClH/c11-7-9-1-5-14(6-2-9)10-8-12-3-4-13-10;;/h3-4,8-9H,1-2,5-7,11H2;2*1H. The van der Waals surface area contributed by atoms with Gasteiger partial charge in [0.2, 0.25) is 0 Å². The number of rotatable bonds is 2. The van der Waals surface area contributed by atoms with Gasteiger partial charge in [-0.15, -0.1) is 24.8 Å². The summed E-state index contributed by atoms with van der Waals surface area (Å²) in [5.41, 5.74) is 5.64. The van der Waals surface area contributed by atoms with Gasteiger partial charge in [-0.1, -0.05) is 0 Å². The van der Waals surface area contributed by atoms with Crippen molar-refractivity contribution in [1.29, 1.82) is 0 Å². The van der Waals surface area contributed by atoms with Crippen LogP contribution in [0.1, 0.15) is 12.8 Å². The maximum atomic E-state index is 5.64. The Labute approximate surface area is 108 Å². The van der Waals surface area contributed by atoms with Crippen molar-refractivity contribution in [3.8, 4) is 0 Å². The molecule has 0 amide bonds. The highest BCUT2D eigenvalue weighted by atomic mass is 35.5. The number of hydrogen-bond acceptors (Lipinski definition) is 4. The van der Waals surface area contributed by atoms with Gasteiger partial charge in [-0.05, 0) is 25.3 Å². The SMILES string of the molecule is Cl.Cl.NCC1CCN(c2cnccn2)CC1. The first-order valence-corrected chi connectivity index (χ1v) is 5.11. The summed E-state index contributed by atoms with van der Waals surface area (Å²) in [6, 6.07) is 0. The van der Waals surface area contributed by atoms with Crippen LogP contribution in [0.5, 0.6) is 0 Å². The van der Waals surface area contributed by atoms with E-state index in [9.17, 15) is 0 Å². The van der Waals surface area contributed by atoms with Crippen molar-refractivity contribution in [3.05, 3.63) is 18.6 Å². The topological polar surface area (TPSA) is 55.0 Å². The number of nitrogens with two attached hydrogens (primary N) is 1. The molecule has 0 unspecified atom stereocenters. The predicted octanol–water partition coefficient (Wildman–Crippen LogP) is 1.50. The van der Waals surface area contributed by atoms with Crippen LogP contribution in [0.4, 0.5) is 5.82 Å². The Bertz CT molecular complexity index is 275. The van der Waals surface area contributed by atoms with E-state index in [0.717, 1.165) is 25.5 Å². The molecule has 0 spiro atoms. The fraction of sp³-hybridized carbons (Fsp3) is 0.600. The summed E-state index contributed by atoms with van der Waals surface area (Å²) in [6.45, 7) is 2.93. The summed E-state index contributed by atoms with van der Waals surface area (Å²) in [6.07, 6.45) is 7.61. The molecule has 0 aromatic carbocycles. The number of halogens is 2. The molecule has 1 saturated heterocycles. The lowest BCUT2D eigenvalue weighted by Crippen LogP contribution is -2.36. The molecular weight excluding hydrogens is 247 g/mol. The third kappa shape index (κ3) is 3.77. The van der Waals surface area contributed by atoms with E-state index in [-0.39, 0.29) is 24.8 Å². The van der Waals surface area contributed by atoms with E-state index >= 15 is 0 Å². The smallest absolute Gasteiger partial charge is 0.147 e. The average molecular weight is 265 g/mol. The van der Waals surface area contributed by atoms with Gasteiger partial charge in [0.05, 0.1) is 6.20 Å². The molecule has 0 saturated carbocycles. The van der Waals surface area contributed by atoms with Crippen LogP contribution in [0.15, 0.2) is 18.6 Å². The van der Waals surface area contributed by atoms with Crippen molar-refractivity contribution in [3.63, 3.8) is 0 Å². The summed E-state index contributed by atoms with van der Waals surface area (Å²) in [5.74, 6) is 1.69. The minimum Gasteiger partial charge on any atom is -0.355 e. The Hall–Kier alpha value is -0.580. The largest absolute Gasteiger partial charge is 0.355 e. The molecule has 0 aliphatic carbocycles. The maximum absolute atomic E-state index is 5.64. The number of piperidine rings is 1. The molecule has 1 aliphatic heterocycles. The molecule has 2 rings (SSSR count). The number of anilines is 1. The normalized spacial score (nSPS) is 16.2. The Kier molecular flexibility index (Phi) is 7.38. The number of nitrogens with zero attached hydrogens (tertiary/aromatic N) is 3. The molecule has 2 N–H and O–H groups in total. The highest BCUT2D eigenvalue weighted by Gasteiger charge is 2.18. The monoisotopic (exact) mass is 264 g/mol. The van der Waals surface area contributed by atoms with E-state index in [1.807, 2.05) is 6.20 Å². The second-order valence-corrected chi connectivity index (χ2v) is 3.73. The fourth-order valence-corrected chi connectivity index (χ4v) is 1.85. The first-order valence-electron chi connectivity index (χ1n) is 5.11. The van der Waals surface area contributed by atoms with Crippen LogP contribution in [0.2, 0.25) is 0 Å². The van der Waals surface area contributed by atoms with Crippen molar-refractivity contribution < 1.29 is 0 Å². The van der Waals surface area contributed by atoms with Crippen molar-refractivity contribution >= 4 is 30.6 Å². The van der Waals surface area contributed by atoms with Gasteiger partial charge in [0.1, 0.15) is 5.82 Å². The molecule has 16 heavy (non-hydrogen) atoms. The molecule has 6 heteroatoms. The molecule has 1 aromatic heterocycles. The van der Waals surface area contributed by atoms with Gasteiger partial charge in [0, 0.05) is 25.5 Å².